The molecule has 0 bridgehead atoms. The van der Waals surface area contributed by atoms with E-state index in [1.165, 1.54) is 12.7 Å². The van der Waals surface area contributed by atoms with Crippen LogP contribution in [-0.2, 0) is 0 Å². The summed E-state index contributed by atoms with van der Waals surface area (Å²) < 4.78 is 0. The maximum Gasteiger partial charge on any atom is 0.180 e. The molecule has 2 aromatic heterocycles. The van der Waals surface area contributed by atoms with E-state index < -0.39 is 6.04 Å². The number of fused-ring (bicyclic) bond motifs is 1. The van der Waals surface area contributed by atoms with Gasteiger partial charge in [-0.15, -0.1) is 0 Å². The lowest BCUT2D eigenvalue weighted by Crippen LogP contribution is -2.16. The van der Waals surface area contributed by atoms with Gasteiger partial charge < -0.3 is 15.8 Å². The first-order valence-corrected chi connectivity index (χ1v) is 3.83. The Kier molecular flexibility index (Phi) is 1.91. The van der Waals surface area contributed by atoms with Crippen molar-refractivity contribution in [3.05, 3.63) is 18.3 Å². The van der Waals surface area contributed by atoms with Crippen LogP contribution in [0, 0.1) is 0 Å². The standard InChI is InChI=1S/C7H9N5O/c8-4(1-13)5-6-7(11-2-9-5)12-3-10-6/h2-4,13H,1,8H2,(H,9,10,11,12). The number of nitrogens with one attached hydrogen (secondary N) is 1. The number of rotatable bonds is 2. The zero-order valence-electron chi connectivity index (χ0n) is 6.81. The number of H-pyrrole nitrogens is 1. The average Bonchev–Trinajstić information content (AvgIpc) is 2.63. The molecule has 1 unspecified atom stereocenters. The van der Waals surface area contributed by atoms with Crippen molar-refractivity contribution in [3.8, 4) is 0 Å². The summed E-state index contributed by atoms with van der Waals surface area (Å²) >= 11 is 0. The number of aliphatic hydroxyl groups excluding tert-OH is 1. The SMILES string of the molecule is NC(CO)c1ncnc2nc[nH]c12. The minimum atomic E-state index is -0.494. The second kappa shape index (κ2) is 3.08. The first-order valence-electron chi connectivity index (χ1n) is 3.83. The van der Waals surface area contributed by atoms with E-state index in [4.69, 9.17) is 10.8 Å². The summed E-state index contributed by atoms with van der Waals surface area (Å²) in [6, 6.07) is -0.494. The van der Waals surface area contributed by atoms with Gasteiger partial charge in [-0.1, -0.05) is 0 Å². The number of aliphatic hydroxyl groups is 1. The van der Waals surface area contributed by atoms with Crippen LogP contribution in [0.1, 0.15) is 11.7 Å². The molecule has 0 aromatic carbocycles. The summed E-state index contributed by atoms with van der Waals surface area (Å²) in [5.74, 6) is 0. The van der Waals surface area contributed by atoms with E-state index in [0.29, 0.717) is 16.9 Å². The van der Waals surface area contributed by atoms with Crippen LogP contribution >= 0.6 is 0 Å². The van der Waals surface area contributed by atoms with E-state index in [0.717, 1.165) is 0 Å². The van der Waals surface area contributed by atoms with Crippen molar-refractivity contribution >= 4 is 11.2 Å². The van der Waals surface area contributed by atoms with Crippen molar-refractivity contribution in [1.82, 2.24) is 19.9 Å². The molecule has 0 saturated heterocycles. The Bertz CT molecular complexity index is 412. The molecule has 1 atom stereocenters. The third-order valence-electron chi connectivity index (χ3n) is 1.80. The van der Waals surface area contributed by atoms with Gasteiger partial charge in [-0.25, -0.2) is 15.0 Å². The lowest BCUT2D eigenvalue weighted by atomic mass is 10.2. The molecule has 0 spiro atoms. The monoisotopic (exact) mass is 179 g/mol. The number of aromatic nitrogens is 4. The molecule has 0 aliphatic rings. The highest BCUT2D eigenvalue weighted by Crippen LogP contribution is 2.14. The highest BCUT2D eigenvalue weighted by molar-refractivity contribution is 5.72. The number of hydrogen-bond acceptors (Lipinski definition) is 5. The van der Waals surface area contributed by atoms with Crippen molar-refractivity contribution in [2.45, 2.75) is 6.04 Å². The van der Waals surface area contributed by atoms with E-state index in [2.05, 4.69) is 19.9 Å². The molecule has 6 heteroatoms. The predicted octanol–water partition coefficient (Wildman–Crippen LogP) is -0.655. The Hall–Kier alpha value is -1.53. The molecule has 13 heavy (non-hydrogen) atoms. The van der Waals surface area contributed by atoms with Crippen molar-refractivity contribution in [2.75, 3.05) is 6.61 Å². The lowest BCUT2D eigenvalue weighted by molar-refractivity contribution is 0.266. The molecule has 2 heterocycles. The molecular formula is C7H9N5O. The summed E-state index contributed by atoms with van der Waals surface area (Å²) in [6.07, 6.45) is 2.90. The first-order chi connectivity index (χ1) is 6.33. The largest absolute Gasteiger partial charge is 0.394 e. The van der Waals surface area contributed by atoms with Gasteiger partial charge in [0.2, 0.25) is 0 Å². The van der Waals surface area contributed by atoms with E-state index in [1.54, 1.807) is 0 Å². The van der Waals surface area contributed by atoms with E-state index in [-0.39, 0.29) is 6.61 Å². The fourth-order valence-corrected chi connectivity index (χ4v) is 1.15. The quantitative estimate of drug-likeness (QED) is 0.568. The molecule has 2 aromatic rings. The van der Waals surface area contributed by atoms with Crippen LogP contribution in [0.5, 0.6) is 0 Å². The van der Waals surface area contributed by atoms with Crippen LogP contribution in [-0.4, -0.2) is 31.6 Å². The average molecular weight is 179 g/mol. The van der Waals surface area contributed by atoms with E-state index in [1.807, 2.05) is 0 Å². The van der Waals surface area contributed by atoms with Gasteiger partial charge >= 0.3 is 0 Å². The molecular weight excluding hydrogens is 170 g/mol. The Labute approximate surface area is 73.8 Å². The van der Waals surface area contributed by atoms with Crippen LogP contribution < -0.4 is 5.73 Å². The van der Waals surface area contributed by atoms with Gasteiger partial charge in [0.1, 0.15) is 11.8 Å². The molecule has 0 amide bonds. The van der Waals surface area contributed by atoms with Crippen LogP contribution in [0.4, 0.5) is 0 Å². The molecule has 6 nitrogen and oxygen atoms in total. The minimum Gasteiger partial charge on any atom is -0.394 e. The topological polar surface area (TPSA) is 101 Å². The molecule has 2 rings (SSSR count). The zero-order chi connectivity index (χ0) is 9.26. The summed E-state index contributed by atoms with van der Waals surface area (Å²) in [4.78, 5) is 14.7. The Morgan fingerprint density at radius 2 is 2.31 bits per heavy atom. The number of hydrogen-bond donors (Lipinski definition) is 3. The van der Waals surface area contributed by atoms with Crippen molar-refractivity contribution in [3.63, 3.8) is 0 Å². The Balaban J connectivity index is 2.60. The van der Waals surface area contributed by atoms with Crippen molar-refractivity contribution < 1.29 is 5.11 Å². The minimum absolute atomic E-state index is 0.148. The van der Waals surface area contributed by atoms with Gasteiger partial charge in [-0.2, -0.15) is 0 Å². The van der Waals surface area contributed by atoms with Crippen molar-refractivity contribution in [1.29, 1.82) is 0 Å². The maximum atomic E-state index is 8.87. The normalized spacial score (nSPS) is 13.4. The second-order valence-corrected chi connectivity index (χ2v) is 2.65. The molecule has 0 aliphatic carbocycles. The third kappa shape index (κ3) is 1.25. The van der Waals surface area contributed by atoms with Gasteiger partial charge in [0.15, 0.2) is 5.65 Å². The lowest BCUT2D eigenvalue weighted by Gasteiger charge is -2.06. The summed E-state index contributed by atoms with van der Waals surface area (Å²) in [7, 11) is 0. The molecule has 4 N–H and O–H groups in total. The fourth-order valence-electron chi connectivity index (χ4n) is 1.15. The number of nitrogens with zero attached hydrogens (tertiary/aromatic N) is 3. The third-order valence-corrected chi connectivity index (χ3v) is 1.80. The second-order valence-electron chi connectivity index (χ2n) is 2.65. The van der Waals surface area contributed by atoms with Gasteiger partial charge in [0.25, 0.3) is 0 Å². The van der Waals surface area contributed by atoms with Crippen LogP contribution in [0.2, 0.25) is 0 Å². The predicted molar refractivity (Wildman–Crippen MR) is 45.7 cm³/mol. The summed E-state index contributed by atoms with van der Waals surface area (Å²) in [6.45, 7) is -0.148. The Morgan fingerprint density at radius 1 is 1.46 bits per heavy atom. The van der Waals surface area contributed by atoms with E-state index >= 15 is 0 Å². The van der Waals surface area contributed by atoms with Gasteiger partial charge in [0, 0.05) is 0 Å². The highest BCUT2D eigenvalue weighted by atomic mass is 16.3. The van der Waals surface area contributed by atoms with Crippen LogP contribution in [0.3, 0.4) is 0 Å². The number of nitrogens with two attached hydrogens (primary N) is 1. The van der Waals surface area contributed by atoms with Crippen LogP contribution in [0.25, 0.3) is 11.2 Å². The fraction of sp³-hybridized carbons (Fsp3) is 0.286. The van der Waals surface area contributed by atoms with E-state index in [9.17, 15) is 0 Å². The maximum absolute atomic E-state index is 8.87. The van der Waals surface area contributed by atoms with Gasteiger partial charge in [-0.05, 0) is 0 Å². The van der Waals surface area contributed by atoms with Crippen molar-refractivity contribution in [2.24, 2.45) is 5.73 Å². The molecule has 0 aliphatic heterocycles. The highest BCUT2D eigenvalue weighted by Gasteiger charge is 2.11. The number of imidazole rings is 1. The molecule has 0 radical (unpaired) electrons. The summed E-state index contributed by atoms with van der Waals surface area (Å²) in [5, 5.41) is 8.87. The smallest absolute Gasteiger partial charge is 0.180 e. The molecule has 0 saturated carbocycles. The molecule has 0 fully saturated rings. The first kappa shape index (κ1) is 8.09. The van der Waals surface area contributed by atoms with Gasteiger partial charge in [0.05, 0.1) is 24.7 Å². The van der Waals surface area contributed by atoms with Crippen LogP contribution in [0.15, 0.2) is 12.7 Å². The molecule has 68 valence electrons. The Morgan fingerprint density at radius 3 is 3.08 bits per heavy atom. The summed E-state index contributed by atoms with van der Waals surface area (Å²) in [5.41, 5.74) is 7.47. The van der Waals surface area contributed by atoms with Gasteiger partial charge in [-0.3, -0.25) is 0 Å². The zero-order valence-corrected chi connectivity index (χ0v) is 6.81. The number of aromatic amines is 1.